The Hall–Kier alpha value is -0.830. The van der Waals surface area contributed by atoms with E-state index in [9.17, 15) is 4.79 Å². The molecule has 0 aromatic carbocycles. The standard InChI is InChI=1S/C6H9NO2/c7-5(6(8)9)4-2-1-3-4/h2,5H,1,3,7H2,(H,8,9)/t5-/m0/s1. The number of hydrogen-bond donors (Lipinski definition) is 2. The summed E-state index contributed by atoms with van der Waals surface area (Å²) in [5.41, 5.74) is 6.12. The predicted octanol–water partition coefficient (Wildman–Crippen LogP) is 0.118. The van der Waals surface area contributed by atoms with Gasteiger partial charge in [0.1, 0.15) is 6.04 Å². The molecule has 0 heterocycles. The van der Waals surface area contributed by atoms with E-state index in [0.29, 0.717) is 0 Å². The average molecular weight is 127 g/mol. The summed E-state index contributed by atoms with van der Waals surface area (Å²) in [6.45, 7) is 0. The van der Waals surface area contributed by atoms with Crippen molar-refractivity contribution in [2.45, 2.75) is 18.9 Å². The van der Waals surface area contributed by atoms with E-state index in [1.165, 1.54) is 0 Å². The Labute approximate surface area is 53.2 Å². The van der Waals surface area contributed by atoms with Gasteiger partial charge in [-0.3, -0.25) is 4.79 Å². The molecule has 1 aliphatic carbocycles. The van der Waals surface area contributed by atoms with Crippen molar-refractivity contribution in [3.05, 3.63) is 11.6 Å². The smallest absolute Gasteiger partial charge is 0.324 e. The summed E-state index contributed by atoms with van der Waals surface area (Å²) in [5.74, 6) is -0.930. The second kappa shape index (κ2) is 2.19. The molecule has 9 heavy (non-hydrogen) atoms. The predicted molar refractivity (Wildman–Crippen MR) is 32.9 cm³/mol. The normalized spacial score (nSPS) is 19.9. The zero-order valence-electron chi connectivity index (χ0n) is 5.00. The van der Waals surface area contributed by atoms with E-state index in [-0.39, 0.29) is 0 Å². The molecule has 0 unspecified atom stereocenters. The van der Waals surface area contributed by atoms with Crippen molar-refractivity contribution in [1.29, 1.82) is 0 Å². The molecule has 3 nitrogen and oxygen atoms in total. The quantitative estimate of drug-likeness (QED) is 0.518. The first-order valence-electron chi connectivity index (χ1n) is 2.89. The summed E-state index contributed by atoms with van der Waals surface area (Å²) in [4.78, 5) is 10.2. The molecule has 0 aromatic heterocycles. The van der Waals surface area contributed by atoms with E-state index < -0.39 is 12.0 Å². The number of aliphatic carboxylic acids is 1. The van der Waals surface area contributed by atoms with Gasteiger partial charge in [0.05, 0.1) is 0 Å². The van der Waals surface area contributed by atoms with Crippen molar-refractivity contribution in [2.24, 2.45) is 5.73 Å². The van der Waals surface area contributed by atoms with E-state index in [1.807, 2.05) is 6.08 Å². The minimum atomic E-state index is -0.930. The van der Waals surface area contributed by atoms with E-state index in [1.54, 1.807) is 0 Å². The van der Waals surface area contributed by atoms with Crippen molar-refractivity contribution in [1.82, 2.24) is 0 Å². The molecule has 3 N–H and O–H groups in total. The summed E-state index contributed by atoms with van der Waals surface area (Å²) < 4.78 is 0. The van der Waals surface area contributed by atoms with Crippen LogP contribution in [-0.2, 0) is 4.79 Å². The Bertz CT molecular complexity index is 162. The van der Waals surface area contributed by atoms with Gasteiger partial charge < -0.3 is 10.8 Å². The maximum absolute atomic E-state index is 10.2. The third kappa shape index (κ3) is 1.10. The molecule has 0 amide bonds. The van der Waals surface area contributed by atoms with Gasteiger partial charge in [0, 0.05) is 0 Å². The van der Waals surface area contributed by atoms with E-state index >= 15 is 0 Å². The van der Waals surface area contributed by atoms with E-state index in [2.05, 4.69) is 0 Å². The van der Waals surface area contributed by atoms with Gasteiger partial charge in [0.25, 0.3) is 0 Å². The van der Waals surface area contributed by atoms with Crippen LogP contribution in [0.5, 0.6) is 0 Å². The third-order valence-electron chi connectivity index (χ3n) is 1.51. The molecule has 0 radical (unpaired) electrons. The molecular formula is C6H9NO2. The minimum absolute atomic E-state index is 0.751. The molecule has 1 atom stereocenters. The van der Waals surface area contributed by atoms with Crippen molar-refractivity contribution in [3.63, 3.8) is 0 Å². The monoisotopic (exact) mass is 127 g/mol. The number of allylic oxidation sites excluding steroid dienone is 1. The molecule has 1 rings (SSSR count). The lowest BCUT2D eigenvalue weighted by molar-refractivity contribution is -0.137. The zero-order valence-corrected chi connectivity index (χ0v) is 5.00. The van der Waals surface area contributed by atoms with Gasteiger partial charge in [-0.25, -0.2) is 0 Å². The van der Waals surface area contributed by atoms with Crippen LogP contribution >= 0.6 is 0 Å². The summed E-state index contributed by atoms with van der Waals surface area (Å²) in [6.07, 6.45) is 3.71. The number of carboxylic acids is 1. The lowest BCUT2D eigenvalue weighted by Crippen LogP contribution is -2.33. The molecule has 0 saturated heterocycles. The molecule has 0 aliphatic heterocycles. The fraction of sp³-hybridized carbons (Fsp3) is 0.500. The first-order valence-corrected chi connectivity index (χ1v) is 2.89. The molecule has 0 fully saturated rings. The van der Waals surface area contributed by atoms with Crippen LogP contribution < -0.4 is 5.73 Å². The summed E-state index contributed by atoms with van der Waals surface area (Å²) in [7, 11) is 0. The van der Waals surface area contributed by atoms with Crippen molar-refractivity contribution in [2.75, 3.05) is 0 Å². The van der Waals surface area contributed by atoms with Crippen LogP contribution in [0.3, 0.4) is 0 Å². The molecular weight excluding hydrogens is 118 g/mol. The molecule has 0 aromatic rings. The number of rotatable bonds is 2. The van der Waals surface area contributed by atoms with Crippen LogP contribution in [0.15, 0.2) is 11.6 Å². The second-order valence-corrected chi connectivity index (χ2v) is 2.13. The Kier molecular flexibility index (Phi) is 1.53. The number of hydrogen-bond acceptors (Lipinski definition) is 2. The van der Waals surface area contributed by atoms with Gasteiger partial charge in [-0.15, -0.1) is 0 Å². The maximum atomic E-state index is 10.2. The third-order valence-corrected chi connectivity index (χ3v) is 1.51. The van der Waals surface area contributed by atoms with Gasteiger partial charge in [-0.1, -0.05) is 6.08 Å². The fourth-order valence-electron chi connectivity index (χ4n) is 0.752. The molecule has 50 valence electrons. The first kappa shape index (κ1) is 6.29. The summed E-state index contributed by atoms with van der Waals surface area (Å²) in [6, 6.07) is -0.751. The Morgan fingerprint density at radius 3 is 2.56 bits per heavy atom. The van der Waals surface area contributed by atoms with Crippen LogP contribution in [-0.4, -0.2) is 17.1 Å². The van der Waals surface area contributed by atoms with Crippen LogP contribution in [0.2, 0.25) is 0 Å². The molecule has 0 bridgehead atoms. The van der Waals surface area contributed by atoms with Gasteiger partial charge in [0.2, 0.25) is 0 Å². The SMILES string of the molecule is N[C@H](C(=O)O)C1=CCC1. The Morgan fingerprint density at radius 2 is 2.44 bits per heavy atom. The number of carboxylic acid groups (broad SMARTS) is 1. The van der Waals surface area contributed by atoms with Crippen LogP contribution in [0.1, 0.15) is 12.8 Å². The maximum Gasteiger partial charge on any atom is 0.324 e. The van der Waals surface area contributed by atoms with Gasteiger partial charge in [0.15, 0.2) is 0 Å². The van der Waals surface area contributed by atoms with Gasteiger partial charge in [-0.05, 0) is 18.4 Å². The van der Waals surface area contributed by atoms with Crippen molar-refractivity contribution < 1.29 is 9.90 Å². The lowest BCUT2D eigenvalue weighted by atomic mass is 9.93. The first-order chi connectivity index (χ1) is 4.22. The highest BCUT2D eigenvalue weighted by Gasteiger charge is 2.19. The Morgan fingerprint density at radius 1 is 1.89 bits per heavy atom. The fourth-order valence-corrected chi connectivity index (χ4v) is 0.752. The number of carbonyl (C=O) groups is 1. The second-order valence-electron chi connectivity index (χ2n) is 2.13. The summed E-state index contributed by atoms with van der Waals surface area (Å²) in [5, 5.41) is 8.35. The highest BCUT2D eigenvalue weighted by Crippen LogP contribution is 2.19. The van der Waals surface area contributed by atoms with Crippen molar-refractivity contribution >= 4 is 5.97 Å². The lowest BCUT2D eigenvalue weighted by Gasteiger charge is -2.17. The van der Waals surface area contributed by atoms with Gasteiger partial charge >= 0.3 is 5.97 Å². The summed E-state index contributed by atoms with van der Waals surface area (Å²) >= 11 is 0. The topological polar surface area (TPSA) is 63.3 Å². The minimum Gasteiger partial charge on any atom is -0.480 e. The highest BCUT2D eigenvalue weighted by molar-refractivity contribution is 5.77. The van der Waals surface area contributed by atoms with Crippen molar-refractivity contribution in [3.8, 4) is 0 Å². The van der Waals surface area contributed by atoms with E-state index in [0.717, 1.165) is 18.4 Å². The molecule has 0 spiro atoms. The van der Waals surface area contributed by atoms with Crippen LogP contribution in [0.4, 0.5) is 0 Å². The van der Waals surface area contributed by atoms with Crippen LogP contribution in [0, 0.1) is 0 Å². The number of nitrogens with two attached hydrogens (primary N) is 1. The molecule has 1 aliphatic rings. The van der Waals surface area contributed by atoms with Crippen LogP contribution in [0.25, 0.3) is 0 Å². The zero-order chi connectivity index (χ0) is 6.85. The highest BCUT2D eigenvalue weighted by atomic mass is 16.4. The van der Waals surface area contributed by atoms with Gasteiger partial charge in [-0.2, -0.15) is 0 Å². The molecule has 3 heteroatoms. The largest absolute Gasteiger partial charge is 0.480 e. The average Bonchev–Trinajstić information content (AvgIpc) is 1.60. The molecule has 0 saturated carbocycles. The Balaban J connectivity index is 2.51. The van der Waals surface area contributed by atoms with E-state index in [4.69, 9.17) is 10.8 Å².